The van der Waals surface area contributed by atoms with E-state index in [1.54, 1.807) is 25.3 Å². The fraction of sp³-hybridized carbons (Fsp3) is 0.333. The van der Waals surface area contributed by atoms with Crippen molar-refractivity contribution in [1.29, 1.82) is 0 Å². The molecule has 2 aromatic carbocycles. The number of methoxy groups -OCH3 is 2. The highest BCUT2D eigenvalue weighted by Crippen LogP contribution is 2.25. The van der Waals surface area contributed by atoms with Crippen molar-refractivity contribution in [3.8, 4) is 5.75 Å². The normalized spacial score (nSPS) is 15.1. The van der Waals surface area contributed by atoms with Gasteiger partial charge in [-0.3, -0.25) is 19.5 Å². The number of likely N-dealkylation sites (tertiary alicyclic amines) is 1. The number of halogens is 2. The molecule has 2 amide bonds. The Labute approximate surface area is 224 Å². The van der Waals surface area contributed by atoms with E-state index in [9.17, 15) is 18.8 Å². The minimum Gasteiger partial charge on any atom is -0.497 e. The predicted octanol–water partition coefficient (Wildman–Crippen LogP) is 3.72. The van der Waals surface area contributed by atoms with Crippen molar-refractivity contribution in [1.82, 2.24) is 15.2 Å². The molecule has 11 heteroatoms. The molecule has 9 nitrogen and oxygen atoms in total. The monoisotopic (exact) mass is 542 g/mol. The molecule has 2 N–H and O–H groups in total. The Bertz CT molecular complexity index is 1350. The number of hydrogen-bond donors (Lipinski definition) is 2. The first-order valence-corrected chi connectivity index (χ1v) is 12.4. The Morgan fingerprint density at radius 2 is 1.89 bits per heavy atom. The molecule has 0 spiro atoms. The standard InChI is InChI=1S/C27H28ClFN4O5/c1-37-20-4-6-23-17(12-20)11-18(14-30-23)25(27(36)38-2)32-24(34)15-33-9-7-16(8-10-33)26(35)31-19-3-5-22(29)21(28)13-19/h3-6,11-14,16,25H,7-10,15H2,1-2H3,(H,31,35)(H,32,34). The van der Waals surface area contributed by atoms with Gasteiger partial charge in [-0.15, -0.1) is 0 Å². The summed E-state index contributed by atoms with van der Waals surface area (Å²) in [5.41, 5.74) is 1.64. The molecule has 200 valence electrons. The van der Waals surface area contributed by atoms with Crippen molar-refractivity contribution >= 4 is 46.0 Å². The van der Waals surface area contributed by atoms with E-state index >= 15 is 0 Å². The summed E-state index contributed by atoms with van der Waals surface area (Å²) in [5.74, 6) is -1.30. The molecule has 1 unspecified atom stereocenters. The van der Waals surface area contributed by atoms with Gasteiger partial charge in [0.15, 0.2) is 6.04 Å². The number of anilines is 1. The van der Waals surface area contributed by atoms with Gasteiger partial charge in [-0.2, -0.15) is 0 Å². The topological polar surface area (TPSA) is 110 Å². The summed E-state index contributed by atoms with van der Waals surface area (Å²) in [6, 6.07) is 10.2. The van der Waals surface area contributed by atoms with E-state index in [-0.39, 0.29) is 29.3 Å². The van der Waals surface area contributed by atoms with Crippen LogP contribution in [0, 0.1) is 11.7 Å². The van der Waals surface area contributed by atoms with Crippen LogP contribution in [0.2, 0.25) is 5.02 Å². The van der Waals surface area contributed by atoms with Gasteiger partial charge >= 0.3 is 5.97 Å². The smallest absolute Gasteiger partial charge is 0.333 e. The van der Waals surface area contributed by atoms with Gasteiger partial charge in [-0.05, 0) is 68.4 Å². The quantitative estimate of drug-likeness (QED) is 0.417. The maximum atomic E-state index is 13.4. The third-order valence-corrected chi connectivity index (χ3v) is 6.79. The summed E-state index contributed by atoms with van der Waals surface area (Å²) >= 11 is 5.78. The molecule has 0 radical (unpaired) electrons. The lowest BCUT2D eigenvalue weighted by atomic mass is 9.95. The van der Waals surface area contributed by atoms with E-state index in [1.807, 2.05) is 11.0 Å². The van der Waals surface area contributed by atoms with Crippen LogP contribution in [0.3, 0.4) is 0 Å². The highest BCUT2D eigenvalue weighted by atomic mass is 35.5. The van der Waals surface area contributed by atoms with Crippen molar-refractivity contribution in [2.45, 2.75) is 18.9 Å². The molecule has 0 saturated carbocycles. The molecule has 0 aliphatic carbocycles. The third kappa shape index (κ3) is 6.56. The van der Waals surface area contributed by atoms with Crippen LogP contribution in [-0.4, -0.2) is 61.5 Å². The molecule has 1 atom stereocenters. The van der Waals surface area contributed by atoms with Crippen LogP contribution in [0.4, 0.5) is 10.1 Å². The fourth-order valence-electron chi connectivity index (χ4n) is 4.39. The first kappa shape index (κ1) is 27.3. The highest BCUT2D eigenvalue weighted by molar-refractivity contribution is 6.31. The van der Waals surface area contributed by atoms with Crippen molar-refractivity contribution in [2.75, 3.05) is 39.2 Å². The van der Waals surface area contributed by atoms with Gasteiger partial charge in [0.2, 0.25) is 11.8 Å². The predicted molar refractivity (Wildman–Crippen MR) is 140 cm³/mol. The minimum atomic E-state index is -1.03. The number of rotatable bonds is 8. The average molecular weight is 543 g/mol. The van der Waals surface area contributed by atoms with E-state index in [1.165, 1.54) is 31.5 Å². The number of amides is 2. The molecular formula is C27H28ClFN4O5. The van der Waals surface area contributed by atoms with Gasteiger partial charge < -0.3 is 20.1 Å². The number of nitrogens with one attached hydrogen (secondary N) is 2. The van der Waals surface area contributed by atoms with E-state index < -0.39 is 17.8 Å². The number of aromatic nitrogens is 1. The number of hydrogen-bond acceptors (Lipinski definition) is 7. The van der Waals surface area contributed by atoms with Gasteiger partial charge in [-0.25, -0.2) is 9.18 Å². The zero-order chi connectivity index (χ0) is 27.2. The van der Waals surface area contributed by atoms with Gasteiger partial charge in [0, 0.05) is 28.8 Å². The lowest BCUT2D eigenvalue weighted by molar-refractivity contribution is -0.145. The van der Waals surface area contributed by atoms with Crippen LogP contribution in [0.15, 0.2) is 48.7 Å². The lowest BCUT2D eigenvalue weighted by Crippen LogP contribution is -2.45. The summed E-state index contributed by atoms with van der Waals surface area (Å²) in [4.78, 5) is 44.3. The molecule has 1 saturated heterocycles. The second-order valence-electron chi connectivity index (χ2n) is 9.02. The minimum absolute atomic E-state index is 0.0598. The van der Waals surface area contributed by atoms with Crippen molar-refractivity contribution in [2.24, 2.45) is 5.92 Å². The molecule has 38 heavy (non-hydrogen) atoms. The maximum absolute atomic E-state index is 13.4. The van der Waals surface area contributed by atoms with E-state index in [2.05, 4.69) is 15.6 Å². The summed E-state index contributed by atoms with van der Waals surface area (Å²) < 4.78 is 23.5. The second kappa shape index (κ2) is 12.2. The second-order valence-corrected chi connectivity index (χ2v) is 9.43. The number of pyridine rings is 1. The Balaban J connectivity index is 1.34. The molecule has 1 aliphatic heterocycles. The van der Waals surface area contributed by atoms with Crippen LogP contribution in [0.5, 0.6) is 5.75 Å². The van der Waals surface area contributed by atoms with E-state index in [0.29, 0.717) is 42.9 Å². The Morgan fingerprint density at radius 3 is 2.58 bits per heavy atom. The summed E-state index contributed by atoms with van der Waals surface area (Å²) in [7, 11) is 2.82. The number of ether oxygens (including phenoxy) is 2. The largest absolute Gasteiger partial charge is 0.497 e. The lowest BCUT2D eigenvalue weighted by Gasteiger charge is -2.31. The van der Waals surface area contributed by atoms with Crippen LogP contribution in [-0.2, 0) is 19.1 Å². The Kier molecular flexibility index (Phi) is 8.75. The highest BCUT2D eigenvalue weighted by Gasteiger charge is 2.29. The van der Waals surface area contributed by atoms with E-state index in [4.69, 9.17) is 21.1 Å². The number of fused-ring (bicyclic) bond motifs is 1. The van der Waals surface area contributed by atoms with Gasteiger partial charge in [0.1, 0.15) is 11.6 Å². The first-order valence-electron chi connectivity index (χ1n) is 12.1. The molecule has 1 fully saturated rings. The average Bonchev–Trinajstić information content (AvgIpc) is 2.93. The zero-order valence-corrected chi connectivity index (χ0v) is 21.8. The van der Waals surface area contributed by atoms with Crippen molar-refractivity contribution < 1.29 is 28.2 Å². The Hall–Kier alpha value is -3.76. The summed E-state index contributed by atoms with van der Waals surface area (Å²) in [5, 5.41) is 6.21. The summed E-state index contributed by atoms with van der Waals surface area (Å²) in [6.07, 6.45) is 2.63. The molecule has 3 aromatic rings. The van der Waals surface area contributed by atoms with Crippen LogP contribution >= 0.6 is 11.6 Å². The fourth-order valence-corrected chi connectivity index (χ4v) is 4.57. The van der Waals surface area contributed by atoms with Crippen molar-refractivity contribution in [3.05, 3.63) is 65.1 Å². The maximum Gasteiger partial charge on any atom is 0.333 e. The Morgan fingerprint density at radius 1 is 1.13 bits per heavy atom. The molecule has 0 bridgehead atoms. The number of piperidine rings is 1. The SMILES string of the molecule is COC(=O)C(NC(=O)CN1CCC(C(=O)Nc2ccc(F)c(Cl)c2)CC1)c1cnc2ccc(OC)cc2c1. The molecule has 4 rings (SSSR count). The number of esters is 1. The molecule has 1 aliphatic rings. The molecular weight excluding hydrogens is 515 g/mol. The number of carbonyl (C=O) groups is 3. The zero-order valence-electron chi connectivity index (χ0n) is 21.0. The van der Waals surface area contributed by atoms with Crippen molar-refractivity contribution in [3.63, 3.8) is 0 Å². The molecule has 1 aromatic heterocycles. The van der Waals surface area contributed by atoms with Crippen LogP contribution < -0.4 is 15.4 Å². The van der Waals surface area contributed by atoms with Crippen LogP contribution in [0.1, 0.15) is 24.4 Å². The van der Waals surface area contributed by atoms with E-state index in [0.717, 1.165) is 10.9 Å². The van der Waals surface area contributed by atoms with Gasteiger partial charge in [-0.1, -0.05) is 11.6 Å². The third-order valence-electron chi connectivity index (χ3n) is 6.50. The number of carbonyl (C=O) groups excluding carboxylic acids is 3. The summed E-state index contributed by atoms with van der Waals surface area (Å²) in [6.45, 7) is 1.11. The number of nitrogens with zero attached hydrogens (tertiary/aromatic N) is 2. The van der Waals surface area contributed by atoms with Gasteiger partial charge in [0.25, 0.3) is 0 Å². The van der Waals surface area contributed by atoms with Crippen LogP contribution in [0.25, 0.3) is 10.9 Å². The first-order chi connectivity index (χ1) is 18.3. The molecule has 2 heterocycles. The van der Waals surface area contributed by atoms with Gasteiger partial charge in [0.05, 0.1) is 31.3 Å². The number of benzene rings is 2.